The summed E-state index contributed by atoms with van der Waals surface area (Å²) in [5.74, 6) is 0.616. The van der Waals surface area contributed by atoms with Crippen molar-refractivity contribution in [3.8, 4) is 0 Å². The van der Waals surface area contributed by atoms with Gasteiger partial charge in [-0.05, 0) is 44.7 Å². The number of rotatable bonds is 7. The van der Waals surface area contributed by atoms with Crippen molar-refractivity contribution in [2.24, 2.45) is 5.92 Å². The lowest BCUT2D eigenvalue weighted by molar-refractivity contribution is 0.376. The van der Waals surface area contributed by atoms with E-state index in [-0.39, 0.29) is 0 Å². The maximum absolute atomic E-state index is 12.3. The molecule has 17 heavy (non-hydrogen) atoms. The Morgan fingerprint density at radius 3 is 2.35 bits per heavy atom. The van der Waals surface area contributed by atoms with Crippen LogP contribution in [0.4, 0.5) is 0 Å². The summed E-state index contributed by atoms with van der Waals surface area (Å²) in [5, 5.41) is 3.28. The van der Waals surface area contributed by atoms with Gasteiger partial charge in [0.15, 0.2) is 0 Å². The van der Waals surface area contributed by atoms with Crippen LogP contribution in [0.25, 0.3) is 0 Å². The number of piperidine rings is 1. The quantitative estimate of drug-likeness (QED) is 0.755. The third kappa shape index (κ3) is 4.94. The zero-order valence-corrected chi connectivity index (χ0v) is 11.9. The highest BCUT2D eigenvalue weighted by molar-refractivity contribution is 7.89. The fourth-order valence-corrected chi connectivity index (χ4v) is 4.37. The summed E-state index contributed by atoms with van der Waals surface area (Å²) in [5.41, 5.74) is 0. The minimum atomic E-state index is -3.05. The van der Waals surface area contributed by atoms with Crippen LogP contribution in [-0.2, 0) is 10.0 Å². The van der Waals surface area contributed by atoms with Crippen LogP contribution in [-0.4, -0.2) is 44.7 Å². The molecule has 0 radical (unpaired) electrons. The molecule has 1 N–H and O–H groups in total. The summed E-state index contributed by atoms with van der Waals surface area (Å²) < 4.78 is 26.2. The third-order valence-electron chi connectivity index (χ3n) is 3.18. The van der Waals surface area contributed by atoms with Crippen LogP contribution < -0.4 is 5.32 Å². The molecule has 0 bridgehead atoms. The van der Waals surface area contributed by atoms with E-state index in [2.05, 4.69) is 5.32 Å². The normalized spacial score (nSPS) is 21.9. The van der Waals surface area contributed by atoms with Crippen LogP contribution in [0.2, 0.25) is 0 Å². The predicted octanol–water partition coefficient (Wildman–Crippen LogP) is 1.44. The van der Waals surface area contributed by atoms with Crippen LogP contribution in [0, 0.1) is 5.92 Å². The fourth-order valence-electron chi connectivity index (χ4n) is 2.36. The van der Waals surface area contributed by atoms with E-state index in [1.165, 1.54) is 0 Å². The Bertz CT molecular complexity index is 292. The van der Waals surface area contributed by atoms with Gasteiger partial charge in [0.05, 0.1) is 5.75 Å². The molecule has 0 spiro atoms. The molecule has 1 aliphatic rings. The van der Waals surface area contributed by atoms with Gasteiger partial charge in [-0.15, -0.1) is 0 Å². The van der Waals surface area contributed by atoms with Crippen molar-refractivity contribution in [3.05, 3.63) is 0 Å². The van der Waals surface area contributed by atoms with E-state index in [0.29, 0.717) is 24.8 Å². The van der Waals surface area contributed by atoms with Gasteiger partial charge in [0.2, 0.25) is 10.0 Å². The molecule has 1 saturated heterocycles. The average molecular weight is 262 g/mol. The average Bonchev–Trinajstić information content (AvgIpc) is 2.29. The van der Waals surface area contributed by atoms with Gasteiger partial charge in [-0.2, -0.15) is 0 Å². The number of sulfonamides is 1. The number of hydrogen-bond donors (Lipinski definition) is 1. The molecule has 1 rings (SSSR count). The second-order valence-corrected chi connectivity index (χ2v) is 6.90. The molecule has 0 aromatic carbocycles. The van der Waals surface area contributed by atoms with Crippen LogP contribution in [0.3, 0.4) is 0 Å². The van der Waals surface area contributed by atoms with E-state index in [1.807, 2.05) is 13.8 Å². The van der Waals surface area contributed by atoms with E-state index in [4.69, 9.17) is 0 Å². The third-order valence-corrected chi connectivity index (χ3v) is 5.23. The first kappa shape index (κ1) is 14.9. The molecule has 1 atom stereocenters. The second-order valence-electron chi connectivity index (χ2n) is 4.89. The minimum absolute atomic E-state index is 0.296. The largest absolute Gasteiger partial charge is 0.316 e. The first-order valence-corrected chi connectivity index (χ1v) is 8.39. The van der Waals surface area contributed by atoms with Crippen molar-refractivity contribution in [3.63, 3.8) is 0 Å². The maximum atomic E-state index is 12.3. The van der Waals surface area contributed by atoms with E-state index < -0.39 is 10.0 Å². The molecule has 0 aliphatic carbocycles. The standard InChI is InChI=1S/C12H26N2O2S/c1-3-8-14(9-4-2)17(15,16)11-12-6-5-7-13-10-12/h12-13H,3-11H2,1-2H3. The SMILES string of the molecule is CCCN(CCC)S(=O)(=O)CC1CCCNC1. The van der Waals surface area contributed by atoms with Gasteiger partial charge < -0.3 is 5.32 Å². The van der Waals surface area contributed by atoms with Gasteiger partial charge in [-0.3, -0.25) is 0 Å². The highest BCUT2D eigenvalue weighted by Gasteiger charge is 2.26. The van der Waals surface area contributed by atoms with Crippen molar-refractivity contribution in [1.82, 2.24) is 9.62 Å². The summed E-state index contributed by atoms with van der Waals surface area (Å²) in [6.45, 7) is 7.27. The molecule has 0 aromatic heterocycles. The Balaban J connectivity index is 2.56. The highest BCUT2D eigenvalue weighted by atomic mass is 32.2. The molecular formula is C12H26N2O2S. The van der Waals surface area contributed by atoms with Crippen molar-refractivity contribution >= 4 is 10.0 Å². The predicted molar refractivity (Wildman–Crippen MR) is 71.5 cm³/mol. The number of nitrogens with one attached hydrogen (secondary N) is 1. The molecule has 5 heteroatoms. The van der Waals surface area contributed by atoms with Gasteiger partial charge in [0.1, 0.15) is 0 Å². The van der Waals surface area contributed by atoms with Crippen molar-refractivity contribution < 1.29 is 8.42 Å². The zero-order chi connectivity index (χ0) is 12.7. The first-order valence-electron chi connectivity index (χ1n) is 6.78. The van der Waals surface area contributed by atoms with E-state index in [9.17, 15) is 8.42 Å². The summed E-state index contributed by atoms with van der Waals surface area (Å²) in [6, 6.07) is 0. The monoisotopic (exact) mass is 262 g/mol. The first-order chi connectivity index (χ1) is 8.10. The van der Waals surface area contributed by atoms with E-state index >= 15 is 0 Å². The number of hydrogen-bond acceptors (Lipinski definition) is 3. The highest BCUT2D eigenvalue weighted by Crippen LogP contribution is 2.15. The molecule has 1 fully saturated rings. The van der Waals surface area contributed by atoms with Gasteiger partial charge >= 0.3 is 0 Å². The summed E-state index contributed by atoms with van der Waals surface area (Å²) in [7, 11) is -3.05. The fraction of sp³-hybridized carbons (Fsp3) is 1.00. The lowest BCUT2D eigenvalue weighted by atomic mass is 10.0. The molecule has 102 valence electrons. The molecule has 4 nitrogen and oxygen atoms in total. The smallest absolute Gasteiger partial charge is 0.214 e. The van der Waals surface area contributed by atoms with Crippen LogP contribution in [0.1, 0.15) is 39.5 Å². The molecule has 1 aliphatic heterocycles. The number of nitrogens with zero attached hydrogens (tertiary/aromatic N) is 1. The van der Waals surface area contributed by atoms with Gasteiger partial charge in [0.25, 0.3) is 0 Å². The maximum Gasteiger partial charge on any atom is 0.214 e. The molecular weight excluding hydrogens is 236 g/mol. The van der Waals surface area contributed by atoms with Gasteiger partial charge in [-0.25, -0.2) is 12.7 Å². The van der Waals surface area contributed by atoms with Crippen molar-refractivity contribution in [2.75, 3.05) is 31.9 Å². The Kier molecular flexibility index (Phi) is 6.44. The Morgan fingerprint density at radius 1 is 1.24 bits per heavy atom. The minimum Gasteiger partial charge on any atom is -0.316 e. The Hall–Kier alpha value is -0.130. The molecule has 1 unspecified atom stereocenters. The molecule has 0 saturated carbocycles. The summed E-state index contributed by atoms with van der Waals surface area (Å²) >= 11 is 0. The second kappa shape index (κ2) is 7.34. The van der Waals surface area contributed by atoms with Crippen molar-refractivity contribution in [2.45, 2.75) is 39.5 Å². The topological polar surface area (TPSA) is 49.4 Å². The molecule has 1 heterocycles. The van der Waals surface area contributed by atoms with Gasteiger partial charge in [0, 0.05) is 13.1 Å². The van der Waals surface area contributed by atoms with Crippen LogP contribution >= 0.6 is 0 Å². The van der Waals surface area contributed by atoms with E-state index in [1.54, 1.807) is 4.31 Å². The van der Waals surface area contributed by atoms with E-state index in [0.717, 1.165) is 38.8 Å². The lowest BCUT2D eigenvalue weighted by Crippen LogP contribution is -2.40. The molecule has 0 aromatic rings. The summed E-state index contributed by atoms with van der Waals surface area (Å²) in [4.78, 5) is 0. The zero-order valence-electron chi connectivity index (χ0n) is 11.1. The van der Waals surface area contributed by atoms with Crippen molar-refractivity contribution in [1.29, 1.82) is 0 Å². The Morgan fingerprint density at radius 2 is 1.88 bits per heavy atom. The van der Waals surface area contributed by atoms with Gasteiger partial charge in [-0.1, -0.05) is 13.8 Å². The van der Waals surface area contributed by atoms with Crippen LogP contribution in [0.5, 0.6) is 0 Å². The van der Waals surface area contributed by atoms with Crippen LogP contribution in [0.15, 0.2) is 0 Å². The Labute approximate surface area is 106 Å². The summed E-state index contributed by atoms with van der Waals surface area (Å²) in [6.07, 6.45) is 3.92. The molecule has 0 amide bonds. The lowest BCUT2D eigenvalue weighted by Gasteiger charge is -2.27.